The first-order valence-electron chi connectivity index (χ1n) is 5.44. The number of sulfone groups is 1. The third-order valence-corrected chi connectivity index (χ3v) is 4.89. The molecule has 1 atom stereocenters. The fraction of sp³-hybridized carbons (Fsp3) is 0.417. The van der Waals surface area contributed by atoms with E-state index in [0.29, 0.717) is 30.3 Å². The minimum atomic E-state index is -3.20. The van der Waals surface area contributed by atoms with Crippen LogP contribution in [0.1, 0.15) is 28.8 Å². The molecule has 92 valence electrons. The second-order valence-corrected chi connectivity index (χ2v) is 6.65. The number of aldehydes is 1. The molecule has 1 N–H and O–H groups in total. The molecule has 2 rings (SSSR count). The maximum Gasteiger partial charge on any atom is 0.153 e. The van der Waals surface area contributed by atoms with E-state index in [1.54, 1.807) is 24.3 Å². The van der Waals surface area contributed by atoms with E-state index in [2.05, 4.69) is 0 Å². The van der Waals surface area contributed by atoms with Gasteiger partial charge in [-0.15, -0.1) is 0 Å². The Bertz CT molecular complexity index is 535. The first-order valence-corrected chi connectivity index (χ1v) is 7.26. The van der Waals surface area contributed by atoms with Gasteiger partial charge in [0.15, 0.2) is 9.84 Å². The molecule has 1 aliphatic heterocycles. The Hall–Kier alpha value is -1.20. The van der Waals surface area contributed by atoms with Gasteiger partial charge in [0.05, 0.1) is 11.5 Å². The van der Waals surface area contributed by atoms with Crippen LogP contribution >= 0.6 is 0 Å². The predicted octanol–water partition coefficient (Wildman–Crippen LogP) is 0.895. The highest BCUT2D eigenvalue weighted by Crippen LogP contribution is 2.32. The number of rotatable bonds is 2. The number of carbonyl (C=O) groups is 1. The van der Waals surface area contributed by atoms with Crippen molar-refractivity contribution in [2.75, 3.05) is 11.5 Å². The lowest BCUT2D eigenvalue weighted by molar-refractivity contribution is 0.0467. The largest absolute Gasteiger partial charge is 0.384 e. The first-order chi connectivity index (χ1) is 7.95. The van der Waals surface area contributed by atoms with Crippen molar-refractivity contribution in [2.45, 2.75) is 18.4 Å². The van der Waals surface area contributed by atoms with E-state index in [-0.39, 0.29) is 11.5 Å². The van der Waals surface area contributed by atoms with Gasteiger partial charge in [-0.3, -0.25) is 4.79 Å². The van der Waals surface area contributed by atoms with Crippen molar-refractivity contribution >= 4 is 16.1 Å². The summed E-state index contributed by atoms with van der Waals surface area (Å²) < 4.78 is 23.1. The SMILES string of the molecule is O=Cc1cccc(C2(O)CCCS(=O)(=O)C2)c1. The Morgan fingerprint density at radius 1 is 1.35 bits per heavy atom. The molecule has 0 bridgehead atoms. The van der Waals surface area contributed by atoms with E-state index in [0.717, 1.165) is 0 Å². The summed E-state index contributed by atoms with van der Waals surface area (Å²) in [7, 11) is -3.20. The first kappa shape index (κ1) is 12.3. The molecular formula is C12H14O4S. The van der Waals surface area contributed by atoms with Gasteiger partial charge in [-0.05, 0) is 24.5 Å². The highest BCUT2D eigenvalue weighted by Gasteiger charge is 2.38. The fourth-order valence-corrected chi connectivity index (χ4v) is 3.99. The molecule has 1 aliphatic rings. The molecule has 17 heavy (non-hydrogen) atoms. The Kier molecular flexibility index (Phi) is 3.05. The molecule has 0 spiro atoms. The van der Waals surface area contributed by atoms with Crippen LogP contribution in [-0.2, 0) is 15.4 Å². The van der Waals surface area contributed by atoms with E-state index in [1.807, 2.05) is 0 Å². The smallest absolute Gasteiger partial charge is 0.153 e. The average molecular weight is 254 g/mol. The molecule has 0 amide bonds. The minimum Gasteiger partial charge on any atom is -0.384 e. The highest BCUT2D eigenvalue weighted by atomic mass is 32.2. The second kappa shape index (κ2) is 4.23. The van der Waals surface area contributed by atoms with Gasteiger partial charge in [0, 0.05) is 5.56 Å². The van der Waals surface area contributed by atoms with Crippen LogP contribution in [0.3, 0.4) is 0 Å². The molecule has 1 saturated heterocycles. The summed E-state index contributed by atoms with van der Waals surface area (Å²) in [5, 5.41) is 10.4. The van der Waals surface area contributed by atoms with Crippen LogP contribution in [0.5, 0.6) is 0 Å². The van der Waals surface area contributed by atoms with Crippen molar-refractivity contribution in [1.29, 1.82) is 0 Å². The van der Waals surface area contributed by atoms with Crippen LogP contribution in [-0.4, -0.2) is 31.3 Å². The minimum absolute atomic E-state index is 0.128. The van der Waals surface area contributed by atoms with Crippen molar-refractivity contribution in [2.24, 2.45) is 0 Å². The second-order valence-electron chi connectivity index (χ2n) is 4.47. The van der Waals surface area contributed by atoms with E-state index in [1.165, 1.54) is 0 Å². The molecule has 0 saturated carbocycles. The third-order valence-electron chi connectivity index (χ3n) is 3.06. The van der Waals surface area contributed by atoms with Crippen molar-refractivity contribution in [1.82, 2.24) is 0 Å². The van der Waals surface area contributed by atoms with Crippen molar-refractivity contribution < 1.29 is 18.3 Å². The fourth-order valence-electron chi connectivity index (χ4n) is 2.22. The quantitative estimate of drug-likeness (QED) is 0.796. The summed E-state index contributed by atoms with van der Waals surface area (Å²) in [6.45, 7) is 0. The summed E-state index contributed by atoms with van der Waals surface area (Å²) in [6, 6.07) is 6.48. The highest BCUT2D eigenvalue weighted by molar-refractivity contribution is 7.91. The molecule has 1 unspecified atom stereocenters. The van der Waals surface area contributed by atoms with Crippen LogP contribution in [0.2, 0.25) is 0 Å². The van der Waals surface area contributed by atoms with E-state index in [4.69, 9.17) is 0 Å². The molecule has 1 heterocycles. The van der Waals surface area contributed by atoms with Crippen LogP contribution < -0.4 is 0 Å². The summed E-state index contributed by atoms with van der Waals surface area (Å²) in [5.41, 5.74) is -0.403. The molecular weight excluding hydrogens is 240 g/mol. The molecule has 1 aromatic rings. The monoisotopic (exact) mass is 254 g/mol. The number of hydrogen-bond donors (Lipinski definition) is 1. The van der Waals surface area contributed by atoms with Gasteiger partial charge in [-0.1, -0.05) is 18.2 Å². The predicted molar refractivity (Wildman–Crippen MR) is 63.6 cm³/mol. The maximum atomic E-state index is 11.6. The van der Waals surface area contributed by atoms with Crippen LogP contribution in [0, 0.1) is 0 Å². The zero-order valence-electron chi connectivity index (χ0n) is 9.30. The zero-order valence-corrected chi connectivity index (χ0v) is 10.1. The van der Waals surface area contributed by atoms with Gasteiger partial charge in [-0.25, -0.2) is 8.42 Å². The Balaban J connectivity index is 2.40. The van der Waals surface area contributed by atoms with Gasteiger partial charge < -0.3 is 5.11 Å². The normalized spacial score (nSPS) is 27.6. The molecule has 5 heteroatoms. The van der Waals surface area contributed by atoms with Gasteiger partial charge >= 0.3 is 0 Å². The lowest BCUT2D eigenvalue weighted by Crippen LogP contribution is -2.39. The lowest BCUT2D eigenvalue weighted by atomic mass is 9.90. The topological polar surface area (TPSA) is 71.4 Å². The van der Waals surface area contributed by atoms with E-state index >= 15 is 0 Å². The summed E-state index contributed by atoms with van der Waals surface area (Å²) >= 11 is 0. The molecule has 0 aromatic heterocycles. The number of carbonyl (C=O) groups excluding carboxylic acids is 1. The third kappa shape index (κ3) is 2.56. The van der Waals surface area contributed by atoms with Crippen molar-refractivity contribution in [3.63, 3.8) is 0 Å². The van der Waals surface area contributed by atoms with E-state index < -0.39 is 15.4 Å². The lowest BCUT2D eigenvalue weighted by Gasteiger charge is -2.32. The van der Waals surface area contributed by atoms with Crippen LogP contribution in [0.25, 0.3) is 0 Å². The molecule has 1 aromatic carbocycles. The maximum absolute atomic E-state index is 11.6. The molecule has 0 aliphatic carbocycles. The van der Waals surface area contributed by atoms with Crippen LogP contribution in [0.4, 0.5) is 0 Å². The zero-order chi connectivity index (χ0) is 12.5. The summed E-state index contributed by atoms with van der Waals surface area (Å²) in [5.74, 6) is -0.134. The van der Waals surface area contributed by atoms with Gasteiger partial charge in [0.1, 0.15) is 11.9 Å². The van der Waals surface area contributed by atoms with Gasteiger partial charge in [0.25, 0.3) is 0 Å². The standard InChI is InChI=1S/C12H14O4S/c13-8-10-3-1-4-11(7-10)12(14)5-2-6-17(15,16)9-12/h1,3-4,7-8,14H,2,5-6,9H2. The van der Waals surface area contributed by atoms with Gasteiger partial charge in [0.2, 0.25) is 0 Å². The van der Waals surface area contributed by atoms with E-state index in [9.17, 15) is 18.3 Å². The van der Waals surface area contributed by atoms with Crippen molar-refractivity contribution in [3.8, 4) is 0 Å². The molecule has 1 fully saturated rings. The Morgan fingerprint density at radius 3 is 2.76 bits per heavy atom. The van der Waals surface area contributed by atoms with Crippen LogP contribution in [0.15, 0.2) is 24.3 Å². The number of benzene rings is 1. The number of hydrogen-bond acceptors (Lipinski definition) is 4. The van der Waals surface area contributed by atoms with Gasteiger partial charge in [-0.2, -0.15) is 0 Å². The number of aliphatic hydroxyl groups is 1. The Labute approximate surface area is 100 Å². The average Bonchev–Trinajstić information content (AvgIpc) is 2.27. The van der Waals surface area contributed by atoms with Crippen molar-refractivity contribution in [3.05, 3.63) is 35.4 Å². The molecule has 0 radical (unpaired) electrons. The summed E-state index contributed by atoms with van der Waals surface area (Å²) in [4.78, 5) is 10.7. The summed E-state index contributed by atoms with van der Waals surface area (Å²) in [6.07, 6.45) is 1.54. The Morgan fingerprint density at radius 2 is 2.12 bits per heavy atom. The molecule has 4 nitrogen and oxygen atoms in total.